The van der Waals surface area contributed by atoms with Crippen LogP contribution in [0.4, 0.5) is 5.69 Å². The lowest BCUT2D eigenvalue weighted by atomic mass is 10.1. The van der Waals surface area contributed by atoms with Gasteiger partial charge in [-0.25, -0.2) is 10.2 Å². The second-order valence-electron chi connectivity index (χ2n) is 6.66. The zero-order chi connectivity index (χ0) is 22.9. The van der Waals surface area contributed by atoms with Crippen molar-refractivity contribution < 1.29 is 24.0 Å². The lowest BCUT2D eigenvalue weighted by Crippen LogP contribution is -2.24. The highest BCUT2D eigenvalue weighted by atomic mass is 16.6. The molecule has 0 spiro atoms. The zero-order valence-corrected chi connectivity index (χ0v) is 17.1. The van der Waals surface area contributed by atoms with Crippen molar-refractivity contribution in [2.75, 3.05) is 6.61 Å². The molecule has 0 aliphatic rings. The molecule has 162 valence electrons. The van der Waals surface area contributed by atoms with Crippen molar-refractivity contribution in [1.29, 1.82) is 0 Å². The second kappa shape index (κ2) is 10.5. The molecule has 0 radical (unpaired) electrons. The molecule has 0 aliphatic heterocycles. The minimum atomic E-state index is -0.522. The maximum absolute atomic E-state index is 12.1. The number of nitrogens with one attached hydrogen (secondary N) is 1. The van der Waals surface area contributed by atoms with Crippen LogP contribution in [0, 0.1) is 17.0 Å². The number of nitrogens with zero attached hydrogens (tertiary/aromatic N) is 2. The highest BCUT2D eigenvalue weighted by Crippen LogP contribution is 2.17. The van der Waals surface area contributed by atoms with Gasteiger partial charge in [0, 0.05) is 12.1 Å². The van der Waals surface area contributed by atoms with Crippen LogP contribution in [0.25, 0.3) is 0 Å². The molecule has 0 aromatic heterocycles. The smallest absolute Gasteiger partial charge is 0.343 e. The van der Waals surface area contributed by atoms with Crippen LogP contribution in [0.2, 0.25) is 0 Å². The van der Waals surface area contributed by atoms with E-state index >= 15 is 0 Å². The number of hydrogen-bond donors (Lipinski definition) is 1. The molecule has 9 nitrogen and oxygen atoms in total. The van der Waals surface area contributed by atoms with Crippen molar-refractivity contribution in [2.45, 2.75) is 6.92 Å². The summed E-state index contributed by atoms with van der Waals surface area (Å²) in [4.78, 5) is 34.0. The van der Waals surface area contributed by atoms with Gasteiger partial charge in [-0.3, -0.25) is 14.9 Å². The number of benzene rings is 3. The number of non-ortho nitro benzene ring substituents is 1. The Labute approximate surface area is 183 Å². The quantitative estimate of drug-likeness (QED) is 0.190. The molecule has 1 N–H and O–H groups in total. The van der Waals surface area contributed by atoms with Gasteiger partial charge in [0.15, 0.2) is 6.61 Å². The molecule has 1 amide bonds. The Bertz CT molecular complexity index is 1120. The van der Waals surface area contributed by atoms with Gasteiger partial charge in [0.1, 0.15) is 11.5 Å². The van der Waals surface area contributed by atoms with Crippen molar-refractivity contribution in [3.05, 3.63) is 99.6 Å². The van der Waals surface area contributed by atoms with Crippen LogP contribution >= 0.6 is 0 Å². The number of carbonyl (C=O) groups excluding carboxylic acids is 2. The van der Waals surface area contributed by atoms with Gasteiger partial charge in [-0.15, -0.1) is 0 Å². The topological polar surface area (TPSA) is 120 Å². The highest BCUT2D eigenvalue weighted by molar-refractivity contribution is 5.91. The molecule has 32 heavy (non-hydrogen) atoms. The summed E-state index contributed by atoms with van der Waals surface area (Å²) in [7, 11) is 0. The van der Waals surface area contributed by atoms with Crippen LogP contribution in [0.3, 0.4) is 0 Å². The van der Waals surface area contributed by atoms with Crippen molar-refractivity contribution in [3.63, 3.8) is 0 Å². The number of esters is 1. The number of aryl methyl sites for hydroxylation is 1. The van der Waals surface area contributed by atoms with E-state index in [0.29, 0.717) is 22.6 Å². The maximum Gasteiger partial charge on any atom is 0.343 e. The number of nitro groups is 1. The van der Waals surface area contributed by atoms with Crippen LogP contribution in [0.5, 0.6) is 11.5 Å². The van der Waals surface area contributed by atoms with Gasteiger partial charge in [0.25, 0.3) is 11.6 Å². The van der Waals surface area contributed by atoms with E-state index in [1.54, 1.807) is 36.4 Å². The molecule has 0 bridgehead atoms. The fourth-order valence-electron chi connectivity index (χ4n) is 2.50. The maximum atomic E-state index is 12.1. The number of hydrazone groups is 1. The number of nitro benzene ring substituents is 1. The Hall–Kier alpha value is -4.53. The minimum Gasteiger partial charge on any atom is -0.484 e. The average Bonchev–Trinajstić information content (AvgIpc) is 2.79. The van der Waals surface area contributed by atoms with E-state index in [4.69, 9.17) is 9.47 Å². The van der Waals surface area contributed by atoms with E-state index in [0.717, 1.165) is 5.56 Å². The lowest BCUT2D eigenvalue weighted by Gasteiger charge is -2.05. The Balaban J connectivity index is 1.44. The summed E-state index contributed by atoms with van der Waals surface area (Å²) in [5, 5.41) is 14.4. The molecule has 0 unspecified atom stereocenters. The van der Waals surface area contributed by atoms with Gasteiger partial charge >= 0.3 is 5.97 Å². The number of carbonyl (C=O) groups is 2. The summed E-state index contributed by atoms with van der Waals surface area (Å²) in [5.74, 6) is -0.242. The first-order valence-corrected chi connectivity index (χ1v) is 9.49. The summed E-state index contributed by atoms with van der Waals surface area (Å²) in [6.07, 6.45) is 1.43. The summed E-state index contributed by atoms with van der Waals surface area (Å²) >= 11 is 0. The van der Waals surface area contributed by atoms with E-state index in [-0.39, 0.29) is 12.3 Å². The van der Waals surface area contributed by atoms with E-state index in [2.05, 4.69) is 10.5 Å². The van der Waals surface area contributed by atoms with Crippen LogP contribution in [0.15, 0.2) is 77.9 Å². The van der Waals surface area contributed by atoms with Crippen LogP contribution in [0.1, 0.15) is 21.5 Å². The molecule has 3 aromatic carbocycles. The van der Waals surface area contributed by atoms with Crippen molar-refractivity contribution in [2.24, 2.45) is 5.10 Å². The summed E-state index contributed by atoms with van der Waals surface area (Å²) in [5.41, 5.74) is 4.44. The molecule has 0 saturated heterocycles. The predicted molar refractivity (Wildman–Crippen MR) is 117 cm³/mol. The molecular formula is C23H19N3O6. The molecule has 0 fully saturated rings. The van der Waals surface area contributed by atoms with Gasteiger partial charge < -0.3 is 9.47 Å². The zero-order valence-electron chi connectivity index (χ0n) is 17.1. The number of rotatable bonds is 8. The third-order valence-corrected chi connectivity index (χ3v) is 4.20. The van der Waals surface area contributed by atoms with Crippen molar-refractivity contribution in [1.82, 2.24) is 5.43 Å². The average molecular weight is 433 g/mol. The van der Waals surface area contributed by atoms with Gasteiger partial charge in [0.05, 0.1) is 16.7 Å². The third kappa shape index (κ3) is 6.49. The van der Waals surface area contributed by atoms with Gasteiger partial charge in [-0.1, -0.05) is 17.7 Å². The fraction of sp³-hybridized carbons (Fsp3) is 0.0870. The minimum absolute atomic E-state index is 0.0673. The van der Waals surface area contributed by atoms with E-state index in [9.17, 15) is 19.7 Å². The molecule has 0 aliphatic carbocycles. The van der Waals surface area contributed by atoms with Crippen LogP contribution < -0.4 is 14.9 Å². The lowest BCUT2D eigenvalue weighted by molar-refractivity contribution is -0.384. The molecule has 3 aromatic rings. The van der Waals surface area contributed by atoms with Crippen LogP contribution in [-0.4, -0.2) is 29.6 Å². The normalized spacial score (nSPS) is 10.5. The molecule has 0 heterocycles. The van der Waals surface area contributed by atoms with Crippen molar-refractivity contribution >= 4 is 23.8 Å². The number of hydrogen-bond acceptors (Lipinski definition) is 7. The van der Waals surface area contributed by atoms with Gasteiger partial charge in [0.2, 0.25) is 0 Å². The molecule has 0 saturated carbocycles. The molecular weight excluding hydrogens is 414 g/mol. The van der Waals surface area contributed by atoms with Gasteiger partial charge in [-0.2, -0.15) is 5.10 Å². The van der Waals surface area contributed by atoms with E-state index in [1.165, 1.54) is 30.5 Å². The third-order valence-electron chi connectivity index (χ3n) is 4.20. The largest absolute Gasteiger partial charge is 0.484 e. The van der Waals surface area contributed by atoms with Crippen LogP contribution in [-0.2, 0) is 4.79 Å². The summed E-state index contributed by atoms with van der Waals surface area (Å²) in [6.45, 7) is 1.63. The first-order chi connectivity index (χ1) is 15.4. The summed E-state index contributed by atoms with van der Waals surface area (Å²) < 4.78 is 10.6. The monoisotopic (exact) mass is 433 g/mol. The Morgan fingerprint density at radius 1 is 0.969 bits per heavy atom. The predicted octanol–water partition coefficient (Wildman–Crippen LogP) is 3.65. The molecule has 3 rings (SSSR count). The van der Waals surface area contributed by atoms with Crippen molar-refractivity contribution in [3.8, 4) is 11.5 Å². The molecule has 9 heteroatoms. The Morgan fingerprint density at radius 2 is 1.59 bits per heavy atom. The Morgan fingerprint density at radius 3 is 2.22 bits per heavy atom. The Kier molecular flexibility index (Phi) is 7.26. The summed E-state index contributed by atoms with van der Waals surface area (Å²) in [6, 6.07) is 19.0. The number of ether oxygens (including phenoxy) is 2. The SMILES string of the molecule is Cc1ccc(C(=O)Oc2ccc(/C=N\NC(=O)COc3ccc([N+](=O)[O-])cc3)cc2)cc1. The highest BCUT2D eigenvalue weighted by Gasteiger charge is 2.08. The molecule has 0 atom stereocenters. The van der Waals surface area contributed by atoms with E-state index in [1.807, 2.05) is 19.1 Å². The standard InChI is InChI=1S/C23H19N3O6/c1-16-2-6-18(7-3-16)23(28)32-21-10-4-17(5-11-21)14-24-25-22(27)15-31-20-12-8-19(9-13-20)26(29)30/h2-14H,15H2,1H3,(H,25,27)/b24-14-. The first-order valence-electron chi connectivity index (χ1n) is 9.49. The van der Waals surface area contributed by atoms with Gasteiger partial charge in [-0.05, 0) is 61.0 Å². The fourth-order valence-corrected chi connectivity index (χ4v) is 2.50. The first kappa shape index (κ1) is 22.2. The number of amides is 1. The van der Waals surface area contributed by atoms with E-state index < -0.39 is 16.8 Å². The second-order valence-corrected chi connectivity index (χ2v) is 6.66.